The van der Waals surface area contributed by atoms with E-state index in [-0.39, 0.29) is 0 Å². The third-order valence-electron chi connectivity index (χ3n) is 5.02. The first-order chi connectivity index (χ1) is 11.3. The van der Waals surface area contributed by atoms with Gasteiger partial charge in [-0.05, 0) is 24.0 Å². The molecule has 0 aliphatic rings. The number of hydrogen-bond donors (Lipinski definition) is 1. The van der Waals surface area contributed by atoms with Crippen molar-refractivity contribution in [2.24, 2.45) is 0 Å². The van der Waals surface area contributed by atoms with Gasteiger partial charge in [0.05, 0.1) is 0 Å². The summed E-state index contributed by atoms with van der Waals surface area (Å²) < 4.78 is 0. The van der Waals surface area contributed by atoms with Gasteiger partial charge in [-0.3, -0.25) is 0 Å². The predicted molar refractivity (Wildman–Crippen MR) is 105 cm³/mol. The summed E-state index contributed by atoms with van der Waals surface area (Å²) in [7, 11) is 0. The lowest BCUT2D eigenvalue weighted by Gasteiger charge is -2.14. The third kappa shape index (κ3) is 9.69. The predicted octanol–water partition coefficient (Wildman–Crippen LogP) is 7.46. The molecule has 1 heteroatoms. The summed E-state index contributed by atoms with van der Waals surface area (Å²) in [5.74, 6) is 0.597. The maximum absolute atomic E-state index is 6.06. The van der Waals surface area contributed by atoms with Crippen LogP contribution in [0.1, 0.15) is 109 Å². The minimum Gasteiger partial charge on any atom is -0.398 e. The number of para-hydroxylation sites is 1. The molecule has 1 aromatic carbocycles. The van der Waals surface area contributed by atoms with Crippen LogP contribution in [0.2, 0.25) is 0 Å². The average Bonchev–Trinajstić information content (AvgIpc) is 2.56. The Kier molecular flexibility index (Phi) is 11.7. The molecule has 1 aromatic rings. The van der Waals surface area contributed by atoms with Gasteiger partial charge in [-0.25, -0.2) is 0 Å². The van der Waals surface area contributed by atoms with Crippen LogP contribution >= 0.6 is 0 Å². The lowest BCUT2D eigenvalue weighted by Crippen LogP contribution is -1.99. The topological polar surface area (TPSA) is 26.0 Å². The van der Waals surface area contributed by atoms with Crippen molar-refractivity contribution in [2.75, 3.05) is 5.73 Å². The average molecular weight is 318 g/mol. The second kappa shape index (κ2) is 13.5. The zero-order valence-electron chi connectivity index (χ0n) is 15.7. The van der Waals surface area contributed by atoms with Crippen LogP contribution in [-0.4, -0.2) is 0 Å². The van der Waals surface area contributed by atoms with Crippen LogP contribution in [0.5, 0.6) is 0 Å². The SMILES string of the molecule is CCCCCCCCCCCCCCC(C)c1ccccc1N. The number of nitrogens with two attached hydrogens (primary N) is 1. The van der Waals surface area contributed by atoms with Crippen LogP contribution < -0.4 is 5.73 Å². The number of unbranched alkanes of at least 4 members (excludes halogenated alkanes) is 11. The first-order valence-electron chi connectivity index (χ1n) is 10.1. The van der Waals surface area contributed by atoms with E-state index in [4.69, 9.17) is 5.73 Å². The molecule has 1 atom stereocenters. The van der Waals surface area contributed by atoms with E-state index >= 15 is 0 Å². The first kappa shape index (κ1) is 20.1. The van der Waals surface area contributed by atoms with E-state index in [1.165, 1.54) is 89.0 Å². The molecule has 0 heterocycles. The molecule has 1 nitrogen and oxygen atoms in total. The highest BCUT2D eigenvalue weighted by atomic mass is 14.6. The van der Waals surface area contributed by atoms with Crippen molar-refractivity contribution in [3.63, 3.8) is 0 Å². The second-order valence-corrected chi connectivity index (χ2v) is 7.21. The van der Waals surface area contributed by atoms with E-state index in [1.54, 1.807) is 0 Å². The van der Waals surface area contributed by atoms with Crippen molar-refractivity contribution in [1.82, 2.24) is 0 Å². The fraction of sp³-hybridized carbons (Fsp3) is 0.727. The summed E-state index contributed by atoms with van der Waals surface area (Å²) in [6, 6.07) is 8.33. The summed E-state index contributed by atoms with van der Waals surface area (Å²) in [5.41, 5.74) is 8.34. The highest BCUT2D eigenvalue weighted by Gasteiger charge is 2.07. The van der Waals surface area contributed by atoms with Gasteiger partial charge in [0.15, 0.2) is 0 Å². The van der Waals surface area contributed by atoms with E-state index < -0.39 is 0 Å². The Morgan fingerprint density at radius 3 is 1.74 bits per heavy atom. The molecule has 0 spiro atoms. The molecule has 0 aliphatic carbocycles. The number of hydrogen-bond acceptors (Lipinski definition) is 1. The van der Waals surface area contributed by atoms with E-state index in [2.05, 4.69) is 26.0 Å². The Bertz CT molecular complexity index is 385. The van der Waals surface area contributed by atoms with Gasteiger partial charge in [0, 0.05) is 5.69 Å². The molecule has 0 aliphatic heterocycles. The highest BCUT2D eigenvalue weighted by Crippen LogP contribution is 2.26. The maximum Gasteiger partial charge on any atom is 0.0349 e. The molecule has 1 rings (SSSR count). The van der Waals surface area contributed by atoms with E-state index in [0.717, 1.165) is 5.69 Å². The summed E-state index contributed by atoms with van der Waals surface area (Å²) in [5, 5.41) is 0. The van der Waals surface area contributed by atoms with Gasteiger partial charge in [-0.15, -0.1) is 0 Å². The lowest BCUT2D eigenvalue weighted by atomic mass is 9.93. The minimum atomic E-state index is 0.597. The summed E-state index contributed by atoms with van der Waals surface area (Å²) in [4.78, 5) is 0. The number of rotatable bonds is 14. The molecule has 0 saturated carbocycles. The molecule has 0 saturated heterocycles. The van der Waals surface area contributed by atoms with Crippen molar-refractivity contribution >= 4 is 5.69 Å². The smallest absolute Gasteiger partial charge is 0.0349 e. The van der Waals surface area contributed by atoms with Gasteiger partial charge in [0.25, 0.3) is 0 Å². The van der Waals surface area contributed by atoms with Crippen molar-refractivity contribution in [3.05, 3.63) is 29.8 Å². The molecular weight excluding hydrogens is 278 g/mol. The Balaban J connectivity index is 1.91. The number of benzene rings is 1. The van der Waals surface area contributed by atoms with Gasteiger partial charge < -0.3 is 5.73 Å². The fourth-order valence-corrected chi connectivity index (χ4v) is 3.41. The van der Waals surface area contributed by atoms with Crippen molar-refractivity contribution < 1.29 is 0 Å². The zero-order valence-corrected chi connectivity index (χ0v) is 15.7. The molecule has 132 valence electrons. The summed E-state index contributed by atoms with van der Waals surface area (Å²) >= 11 is 0. The van der Waals surface area contributed by atoms with Crippen LogP contribution in [0.15, 0.2) is 24.3 Å². The van der Waals surface area contributed by atoms with Gasteiger partial charge in [-0.2, -0.15) is 0 Å². The lowest BCUT2D eigenvalue weighted by molar-refractivity contribution is 0.529. The molecule has 0 aromatic heterocycles. The van der Waals surface area contributed by atoms with Crippen LogP contribution in [0, 0.1) is 0 Å². The summed E-state index contributed by atoms with van der Waals surface area (Å²) in [6.45, 7) is 4.60. The quantitative estimate of drug-likeness (QED) is 0.279. The van der Waals surface area contributed by atoms with Crippen molar-refractivity contribution in [3.8, 4) is 0 Å². The number of anilines is 1. The Morgan fingerprint density at radius 2 is 1.22 bits per heavy atom. The Labute approximate surface area is 145 Å². The monoisotopic (exact) mass is 317 g/mol. The van der Waals surface area contributed by atoms with Gasteiger partial charge in [0.1, 0.15) is 0 Å². The molecule has 1 unspecified atom stereocenters. The first-order valence-corrected chi connectivity index (χ1v) is 10.1. The van der Waals surface area contributed by atoms with Crippen LogP contribution in [0.3, 0.4) is 0 Å². The molecule has 23 heavy (non-hydrogen) atoms. The standard InChI is InChI=1S/C22H39N/c1-3-4-5-6-7-8-9-10-11-12-13-14-17-20(2)21-18-15-16-19-22(21)23/h15-16,18-20H,3-14,17,23H2,1-2H3. The van der Waals surface area contributed by atoms with Crippen molar-refractivity contribution in [2.45, 2.75) is 103 Å². The minimum absolute atomic E-state index is 0.597. The van der Waals surface area contributed by atoms with Gasteiger partial charge >= 0.3 is 0 Å². The molecule has 0 fully saturated rings. The molecule has 2 N–H and O–H groups in total. The van der Waals surface area contributed by atoms with E-state index in [0.29, 0.717) is 5.92 Å². The van der Waals surface area contributed by atoms with Crippen molar-refractivity contribution in [1.29, 1.82) is 0 Å². The largest absolute Gasteiger partial charge is 0.398 e. The summed E-state index contributed by atoms with van der Waals surface area (Å²) in [6.07, 6.45) is 18.3. The molecule has 0 bridgehead atoms. The van der Waals surface area contributed by atoms with Gasteiger partial charge in [-0.1, -0.05) is 109 Å². The van der Waals surface area contributed by atoms with Crippen LogP contribution in [-0.2, 0) is 0 Å². The normalized spacial score (nSPS) is 12.4. The molecule has 0 radical (unpaired) electrons. The van der Waals surface area contributed by atoms with Crippen LogP contribution in [0.4, 0.5) is 5.69 Å². The molecular formula is C22H39N. The Hall–Kier alpha value is -0.980. The molecule has 0 amide bonds. The second-order valence-electron chi connectivity index (χ2n) is 7.21. The number of nitrogen functional groups attached to an aromatic ring is 1. The van der Waals surface area contributed by atoms with Crippen LogP contribution in [0.25, 0.3) is 0 Å². The fourth-order valence-electron chi connectivity index (χ4n) is 3.41. The maximum atomic E-state index is 6.06. The highest BCUT2D eigenvalue weighted by molar-refractivity contribution is 5.48. The van der Waals surface area contributed by atoms with E-state index in [1.807, 2.05) is 12.1 Å². The third-order valence-corrected chi connectivity index (χ3v) is 5.02. The zero-order chi connectivity index (χ0) is 16.8. The Morgan fingerprint density at radius 1 is 0.739 bits per heavy atom. The van der Waals surface area contributed by atoms with Gasteiger partial charge in [0.2, 0.25) is 0 Å². The van der Waals surface area contributed by atoms with E-state index in [9.17, 15) is 0 Å².